The van der Waals surface area contributed by atoms with E-state index in [0.717, 1.165) is 29.5 Å². The first-order valence-corrected chi connectivity index (χ1v) is 10.5. The van der Waals surface area contributed by atoms with Crippen LogP contribution in [0.1, 0.15) is 23.5 Å². The number of nitrogens with one attached hydrogen (secondary N) is 1. The molecule has 0 saturated carbocycles. The quantitative estimate of drug-likeness (QED) is 0.615. The molecule has 1 saturated heterocycles. The first kappa shape index (κ1) is 19.4. The van der Waals surface area contributed by atoms with Crippen LogP contribution in [0.25, 0.3) is 0 Å². The lowest BCUT2D eigenvalue weighted by atomic mass is 10.2. The summed E-state index contributed by atoms with van der Waals surface area (Å²) in [6.07, 6.45) is 2.58. The number of ether oxygens (including phenoxy) is 1. The van der Waals surface area contributed by atoms with Gasteiger partial charge in [-0.15, -0.1) is 11.3 Å². The molecule has 0 radical (unpaired) electrons. The summed E-state index contributed by atoms with van der Waals surface area (Å²) in [7, 11) is 0. The molecular formula is C22H22FN3O2S. The topological polar surface area (TPSA) is 54.5 Å². The van der Waals surface area contributed by atoms with Crippen molar-refractivity contribution in [3.05, 3.63) is 70.4 Å². The summed E-state index contributed by atoms with van der Waals surface area (Å²) in [5.41, 5.74) is 2.63. The van der Waals surface area contributed by atoms with E-state index in [4.69, 9.17) is 4.74 Å². The number of hydrogen-bond acceptors (Lipinski definition) is 5. The lowest BCUT2D eigenvalue weighted by Crippen LogP contribution is -2.21. The third-order valence-corrected chi connectivity index (χ3v) is 5.61. The number of hydrogen-bond donors (Lipinski definition) is 1. The lowest BCUT2D eigenvalue weighted by Gasteiger charge is -2.21. The van der Waals surface area contributed by atoms with Gasteiger partial charge in [-0.2, -0.15) is 0 Å². The van der Waals surface area contributed by atoms with Crippen molar-refractivity contribution in [3.8, 4) is 5.75 Å². The number of carbonyl (C=O) groups excluding carboxylic acids is 1. The minimum atomic E-state index is -0.300. The first-order chi connectivity index (χ1) is 14.2. The van der Waals surface area contributed by atoms with Crippen LogP contribution in [0.15, 0.2) is 53.9 Å². The Hall–Kier alpha value is -2.93. The number of para-hydroxylation sites is 2. The third-order valence-electron chi connectivity index (χ3n) is 4.74. The minimum Gasteiger partial charge on any atom is -0.486 e. The molecule has 1 N–H and O–H groups in total. The highest BCUT2D eigenvalue weighted by molar-refractivity contribution is 7.09. The second-order valence-corrected chi connectivity index (χ2v) is 7.85. The van der Waals surface area contributed by atoms with E-state index in [2.05, 4.69) is 21.3 Å². The number of halogens is 1. The van der Waals surface area contributed by atoms with Crippen molar-refractivity contribution < 1.29 is 13.9 Å². The molecule has 5 nitrogen and oxygen atoms in total. The fraction of sp³-hybridized carbons (Fsp3) is 0.273. The third kappa shape index (κ3) is 5.12. The van der Waals surface area contributed by atoms with Gasteiger partial charge in [0.25, 0.3) is 0 Å². The summed E-state index contributed by atoms with van der Waals surface area (Å²) in [5.74, 6) is 0.193. The monoisotopic (exact) mass is 411 g/mol. The van der Waals surface area contributed by atoms with Crippen molar-refractivity contribution in [2.45, 2.75) is 25.9 Å². The van der Waals surface area contributed by atoms with Crippen LogP contribution in [-0.2, 0) is 17.8 Å². The molecule has 0 bridgehead atoms. The molecule has 29 heavy (non-hydrogen) atoms. The minimum absolute atomic E-state index is 0.0899. The summed E-state index contributed by atoms with van der Waals surface area (Å²) in [6, 6.07) is 13.8. The zero-order valence-corrected chi connectivity index (χ0v) is 16.8. The summed E-state index contributed by atoms with van der Waals surface area (Å²) >= 11 is 1.45. The molecule has 4 rings (SSSR count). The number of amides is 1. The van der Waals surface area contributed by atoms with Crippen molar-refractivity contribution in [3.63, 3.8) is 0 Å². The Morgan fingerprint density at radius 1 is 1.14 bits per heavy atom. The van der Waals surface area contributed by atoms with Crippen molar-refractivity contribution in [1.82, 2.24) is 4.98 Å². The van der Waals surface area contributed by atoms with Gasteiger partial charge in [-0.25, -0.2) is 9.37 Å². The highest BCUT2D eigenvalue weighted by Gasteiger charge is 2.17. The van der Waals surface area contributed by atoms with Crippen LogP contribution in [0.5, 0.6) is 5.75 Å². The first-order valence-electron chi connectivity index (χ1n) is 9.63. The fourth-order valence-electron chi connectivity index (χ4n) is 3.34. The van der Waals surface area contributed by atoms with Crippen LogP contribution in [0.3, 0.4) is 0 Å². The Morgan fingerprint density at radius 3 is 2.69 bits per heavy atom. The zero-order valence-electron chi connectivity index (χ0n) is 15.9. The molecule has 3 aromatic rings. The summed E-state index contributed by atoms with van der Waals surface area (Å²) in [5, 5.41) is 5.67. The van der Waals surface area contributed by atoms with Gasteiger partial charge in [0.2, 0.25) is 5.91 Å². The molecule has 2 heterocycles. The Labute approximate surface area is 173 Å². The van der Waals surface area contributed by atoms with Crippen LogP contribution in [-0.4, -0.2) is 24.0 Å². The van der Waals surface area contributed by atoms with Crippen molar-refractivity contribution in [1.29, 1.82) is 0 Å². The molecular weight excluding hydrogens is 389 g/mol. The fourth-order valence-corrected chi connectivity index (χ4v) is 4.05. The van der Waals surface area contributed by atoms with Crippen LogP contribution >= 0.6 is 11.3 Å². The largest absolute Gasteiger partial charge is 0.486 e. The number of benzene rings is 2. The second-order valence-electron chi connectivity index (χ2n) is 6.91. The Morgan fingerprint density at radius 2 is 1.90 bits per heavy atom. The van der Waals surface area contributed by atoms with Gasteiger partial charge in [0.15, 0.2) is 0 Å². The normalized spacial score (nSPS) is 13.5. The molecule has 150 valence electrons. The Kier molecular flexibility index (Phi) is 6.05. The smallest absolute Gasteiger partial charge is 0.230 e. The van der Waals surface area contributed by atoms with E-state index in [1.165, 1.54) is 36.3 Å². The van der Waals surface area contributed by atoms with E-state index < -0.39 is 0 Å². The lowest BCUT2D eigenvalue weighted by molar-refractivity contribution is -0.115. The molecule has 0 unspecified atom stereocenters. The summed E-state index contributed by atoms with van der Waals surface area (Å²) in [6.45, 7) is 2.34. The van der Waals surface area contributed by atoms with E-state index in [1.54, 1.807) is 12.1 Å². The number of rotatable bonds is 7. The van der Waals surface area contributed by atoms with Crippen LogP contribution in [0.2, 0.25) is 0 Å². The molecule has 1 aromatic heterocycles. The number of anilines is 2. The number of carbonyl (C=O) groups is 1. The number of aromatic nitrogens is 1. The second kappa shape index (κ2) is 9.05. The molecule has 7 heteroatoms. The maximum atomic E-state index is 12.9. The summed E-state index contributed by atoms with van der Waals surface area (Å²) in [4.78, 5) is 19.3. The van der Waals surface area contributed by atoms with Crippen molar-refractivity contribution in [2.75, 3.05) is 23.3 Å². The average molecular weight is 412 g/mol. The highest BCUT2D eigenvalue weighted by atomic mass is 32.1. The molecule has 1 fully saturated rings. The van der Waals surface area contributed by atoms with Gasteiger partial charge in [-0.1, -0.05) is 12.1 Å². The van der Waals surface area contributed by atoms with E-state index in [1.807, 2.05) is 23.6 Å². The SMILES string of the molecule is O=C(Cc1csc(COc2ccc(F)cc2)n1)Nc1ccccc1N1CCCC1. The molecule has 1 amide bonds. The van der Waals surface area contributed by atoms with Gasteiger partial charge in [-0.3, -0.25) is 4.79 Å². The van der Waals surface area contributed by atoms with E-state index >= 15 is 0 Å². The summed E-state index contributed by atoms with van der Waals surface area (Å²) < 4.78 is 18.5. The van der Waals surface area contributed by atoms with E-state index in [9.17, 15) is 9.18 Å². The number of nitrogens with zero attached hydrogens (tertiary/aromatic N) is 2. The zero-order chi connectivity index (χ0) is 20.1. The average Bonchev–Trinajstić information content (AvgIpc) is 3.40. The Balaban J connectivity index is 1.33. The molecule has 0 spiro atoms. The van der Waals surface area contributed by atoms with Gasteiger partial charge in [-0.05, 0) is 49.2 Å². The van der Waals surface area contributed by atoms with Crippen LogP contribution < -0.4 is 15.0 Å². The molecule has 1 aliphatic heterocycles. The van der Waals surface area contributed by atoms with Crippen LogP contribution in [0, 0.1) is 5.82 Å². The molecule has 0 atom stereocenters. The van der Waals surface area contributed by atoms with Gasteiger partial charge < -0.3 is 15.0 Å². The highest BCUT2D eigenvalue weighted by Crippen LogP contribution is 2.28. The van der Waals surface area contributed by atoms with Crippen molar-refractivity contribution in [2.24, 2.45) is 0 Å². The Bertz CT molecular complexity index is 968. The molecule has 1 aliphatic rings. The van der Waals surface area contributed by atoms with Gasteiger partial charge in [0.05, 0.1) is 23.5 Å². The maximum Gasteiger partial charge on any atom is 0.230 e. The van der Waals surface area contributed by atoms with Gasteiger partial charge in [0.1, 0.15) is 23.2 Å². The predicted molar refractivity (Wildman–Crippen MR) is 113 cm³/mol. The van der Waals surface area contributed by atoms with E-state index in [-0.39, 0.29) is 24.8 Å². The predicted octanol–water partition coefficient (Wildman–Crippen LogP) is 4.64. The standard InChI is InChI=1S/C22H22FN3O2S/c23-16-7-9-18(10-8-16)28-14-22-24-17(15-29-22)13-21(27)25-19-5-1-2-6-20(19)26-11-3-4-12-26/h1-2,5-10,15H,3-4,11-14H2,(H,25,27). The number of thiazole rings is 1. The molecule has 0 aliphatic carbocycles. The van der Waals surface area contributed by atoms with Gasteiger partial charge >= 0.3 is 0 Å². The van der Waals surface area contributed by atoms with E-state index in [0.29, 0.717) is 11.4 Å². The molecule has 2 aromatic carbocycles. The van der Waals surface area contributed by atoms with Gasteiger partial charge in [0, 0.05) is 18.5 Å². The van der Waals surface area contributed by atoms with Crippen LogP contribution in [0.4, 0.5) is 15.8 Å². The maximum absolute atomic E-state index is 12.9. The van der Waals surface area contributed by atoms with Crippen molar-refractivity contribution >= 4 is 28.6 Å².